The van der Waals surface area contributed by atoms with Crippen LogP contribution in [0.25, 0.3) is 0 Å². The predicted molar refractivity (Wildman–Crippen MR) is 132 cm³/mol. The summed E-state index contributed by atoms with van der Waals surface area (Å²) >= 11 is 1.35. The molecular formula is C25H52O4Sn. The first-order valence-corrected chi connectivity index (χ1v) is 15.8. The van der Waals surface area contributed by atoms with Gasteiger partial charge in [-0.25, -0.2) is 0 Å². The van der Waals surface area contributed by atoms with Crippen molar-refractivity contribution in [2.24, 2.45) is 0 Å². The Balaban J connectivity index is -0.000000448. The van der Waals surface area contributed by atoms with Gasteiger partial charge in [0.2, 0.25) is 0 Å². The van der Waals surface area contributed by atoms with Gasteiger partial charge in [-0.3, -0.25) is 9.59 Å². The van der Waals surface area contributed by atoms with Crippen LogP contribution >= 0.6 is 0 Å². The second-order valence-electron chi connectivity index (χ2n) is 7.94. The van der Waals surface area contributed by atoms with E-state index in [1.54, 1.807) is 0 Å². The third-order valence-corrected chi connectivity index (χ3v) is 4.99. The molecule has 0 saturated carbocycles. The van der Waals surface area contributed by atoms with Crippen LogP contribution in [-0.2, 0) is 9.59 Å². The number of aliphatic carboxylic acids is 2. The first-order chi connectivity index (χ1) is 14.5. The summed E-state index contributed by atoms with van der Waals surface area (Å²) in [5.41, 5.74) is 0. The van der Waals surface area contributed by atoms with Crippen molar-refractivity contribution in [2.45, 2.75) is 147 Å². The fourth-order valence-corrected chi connectivity index (χ4v) is 3.17. The van der Waals surface area contributed by atoms with E-state index >= 15 is 0 Å². The molecule has 0 aliphatic rings. The number of rotatable bonds is 20. The van der Waals surface area contributed by atoms with Crippen LogP contribution in [-0.4, -0.2) is 44.7 Å². The average molecular weight is 535 g/mol. The number of carboxylic acids is 2. The van der Waals surface area contributed by atoms with Crippen molar-refractivity contribution in [3.05, 3.63) is 0 Å². The van der Waals surface area contributed by atoms with E-state index in [0.717, 1.165) is 25.7 Å². The van der Waals surface area contributed by atoms with E-state index in [2.05, 4.69) is 18.8 Å². The Kier molecular flexibility index (Phi) is 38.2. The third kappa shape index (κ3) is 42.0. The standard InChI is InChI=1S/2C12H24O2.CH3.Sn.H/c2*1-2-3-4-5-6-7-8-9-10-11-12(13)14;;;/h2*2-11H2,1H3,(H,13,14);1H3;;. The minimum atomic E-state index is -0.659. The summed E-state index contributed by atoms with van der Waals surface area (Å²) in [6, 6.07) is 0. The Labute approximate surface area is 201 Å². The molecule has 2 N–H and O–H groups in total. The van der Waals surface area contributed by atoms with Crippen molar-refractivity contribution in [3.63, 3.8) is 0 Å². The fourth-order valence-electron chi connectivity index (χ4n) is 3.17. The number of hydrogen-bond donors (Lipinski definition) is 2. The van der Waals surface area contributed by atoms with Crippen LogP contribution < -0.4 is 0 Å². The minimum absolute atomic E-state index is 0.343. The SMILES string of the molecule is CCCCCCCCCCCC(=O)O.CCCCCCCCCCCC(=O)O.[CH3][SnH]. The molecule has 0 aromatic rings. The van der Waals surface area contributed by atoms with E-state index in [1.165, 1.54) is 112 Å². The van der Waals surface area contributed by atoms with Gasteiger partial charge in [0.05, 0.1) is 0 Å². The molecule has 4 nitrogen and oxygen atoms in total. The summed E-state index contributed by atoms with van der Waals surface area (Å²) in [4.78, 5) is 22.5. The zero-order valence-electron chi connectivity index (χ0n) is 20.4. The van der Waals surface area contributed by atoms with Crippen molar-refractivity contribution < 1.29 is 19.8 Å². The van der Waals surface area contributed by atoms with E-state index < -0.39 is 11.9 Å². The van der Waals surface area contributed by atoms with E-state index in [4.69, 9.17) is 10.2 Å². The Hall–Kier alpha value is -0.261. The average Bonchev–Trinajstić information content (AvgIpc) is 2.73. The van der Waals surface area contributed by atoms with Gasteiger partial charge in [0, 0.05) is 12.8 Å². The molecule has 0 aliphatic carbocycles. The molecule has 0 spiro atoms. The van der Waals surface area contributed by atoms with Crippen LogP contribution in [0.2, 0.25) is 4.94 Å². The summed E-state index contributed by atoms with van der Waals surface area (Å²) < 4.78 is 0. The summed E-state index contributed by atoms with van der Waals surface area (Å²) in [6.07, 6.45) is 23.0. The van der Waals surface area contributed by atoms with Gasteiger partial charge in [-0.15, -0.1) is 0 Å². The molecule has 0 fully saturated rings. The van der Waals surface area contributed by atoms with Gasteiger partial charge in [-0.05, 0) is 12.8 Å². The quantitative estimate of drug-likeness (QED) is 0.123. The monoisotopic (exact) mass is 536 g/mol. The van der Waals surface area contributed by atoms with Crippen molar-refractivity contribution in [3.8, 4) is 0 Å². The molecule has 0 aromatic heterocycles. The molecule has 0 bridgehead atoms. The molecule has 0 aromatic carbocycles. The van der Waals surface area contributed by atoms with Crippen LogP contribution in [0.15, 0.2) is 0 Å². The van der Waals surface area contributed by atoms with Gasteiger partial charge in [-0.2, -0.15) is 0 Å². The maximum absolute atomic E-state index is 10.2. The number of carboxylic acid groups (broad SMARTS) is 2. The van der Waals surface area contributed by atoms with Gasteiger partial charge < -0.3 is 10.2 Å². The summed E-state index contributed by atoms with van der Waals surface area (Å²) in [7, 11) is 0. The second kappa shape index (κ2) is 33.4. The van der Waals surface area contributed by atoms with Crippen molar-refractivity contribution in [1.82, 2.24) is 0 Å². The molecule has 0 heterocycles. The van der Waals surface area contributed by atoms with Gasteiger partial charge in [0.15, 0.2) is 0 Å². The van der Waals surface area contributed by atoms with Crippen LogP contribution in [0.4, 0.5) is 0 Å². The molecule has 2 radical (unpaired) electrons. The normalized spacial score (nSPS) is 9.87. The Morgan fingerprint density at radius 1 is 0.467 bits per heavy atom. The topological polar surface area (TPSA) is 74.6 Å². The van der Waals surface area contributed by atoms with E-state index in [9.17, 15) is 9.59 Å². The molecular weight excluding hydrogens is 483 g/mol. The molecule has 180 valence electrons. The van der Waals surface area contributed by atoms with E-state index in [1.807, 2.05) is 0 Å². The summed E-state index contributed by atoms with van der Waals surface area (Å²) in [5.74, 6) is -1.32. The number of hydrogen-bond acceptors (Lipinski definition) is 2. The molecule has 30 heavy (non-hydrogen) atoms. The maximum atomic E-state index is 10.2. The first kappa shape index (κ1) is 34.4. The Morgan fingerprint density at radius 2 is 0.667 bits per heavy atom. The van der Waals surface area contributed by atoms with E-state index in [0.29, 0.717) is 12.8 Å². The van der Waals surface area contributed by atoms with Crippen LogP contribution in [0.3, 0.4) is 0 Å². The van der Waals surface area contributed by atoms with Crippen molar-refractivity contribution in [1.29, 1.82) is 0 Å². The van der Waals surface area contributed by atoms with Crippen molar-refractivity contribution >= 4 is 34.5 Å². The predicted octanol–water partition coefficient (Wildman–Crippen LogP) is 7.92. The molecule has 0 atom stereocenters. The summed E-state index contributed by atoms with van der Waals surface area (Å²) in [6.45, 7) is 4.46. The number of unbranched alkanes of at least 4 members (excludes halogenated alkanes) is 16. The zero-order chi connectivity index (χ0) is 23.3. The van der Waals surface area contributed by atoms with Gasteiger partial charge in [-0.1, -0.05) is 117 Å². The molecule has 0 aliphatic heterocycles. The Morgan fingerprint density at radius 3 is 0.867 bits per heavy atom. The first-order valence-electron chi connectivity index (χ1n) is 12.6. The number of carbonyl (C=O) groups is 2. The van der Waals surface area contributed by atoms with Gasteiger partial charge in [0.1, 0.15) is 0 Å². The van der Waals surface area contributed by atoms with Crippen LogP contribution in [0.1, 0.15) is 142 Å². The molecule has 0 rings (SSSR count). The Bertz CT molecular complexity index is 303. The molecule has 0 saturated heterocycles. The van der Waals surface area contributed by atoms with Gasteiger partial charge in [0.25, 0.3) is 0 Å². The van der Waals surface area contributed by atoms with Crippen molar-refractivity contribution in [2.75, 3.05) is 0 Å². The second-order valence-corrected chi connectivity index (χ2v) is 7.94. The molecule has 0 unspecified atom stereocenters. The zero-order valence-corrected chi connectivity index (χ0v) is 23.7. The fraction of sp³-hybridized carbons (Fsp3) is 0.920. The van der Waals surface area contributed by atoms with Crippen LogP contribution in [0, 0.1) is 0 Å². The van der Waals surface area contributed by atoms with E-state index in [-0.39, 0.29) is 0 Å². The molecule has 5 heteroatoms. The molecule has 0 amide bonds. The summed E-state index contributed by atoms with van der Waals surface area (Å²) in [5, 5.41) is 16.8. The third-order valence-electron chi connectivity index (χ3n) is 4.99. The van der Waals surface area contributed by atoms with Crippen LogP contribution in [0.5, 0.6) is 0 Å². The van der Waals surface area contributed by atoms with Gasteiger partial charge >= 0.3 is 39.4 Å².